The first-order chi connectivity index (χ1) is 25.7. The molecule has 0 aliphatic carbocycles. The Labute approximate surface area is 302 Å². The topological polar surface area (TPSA) is 24.9 Å². The third-order valence-corrected chi connectivity index (χ3v) is 10.7. The van der Waals surface area contributed by atoms with Crippen LogP contribution in [0.25, 0.3) is 21.9 Å². The Bertz CT molecular complexity index is 2680. The number of anilines is 6. The van der Waals surface area contributed by atoms with E-state index in [1.807, 2.05) is 6.07 Å². The highest BCUT2D eigenvalue weighted by Gasteiger charge is 2.42. The Morgan fingerprint density at radius 1 is 0.500 bits per heavy atom. The lowest BCUT2D eigenvalue weighted by Gasteiger charge is -2.38. The van der Waals surface area contributed by atoms with Crippen LogP contribution in [0.15, 0.2) is 170 Å². The summed E-state index contributed by atoms with van der Waals surface area (Å²) in [6.45, 7) is 2.08. The van der Waals surface area contributed by atoms with E-state index in [-0.39, 0.29) is 6.71 Å². The van der Waals surface area contributed by atoms with Gasteiger partial charge in [0.05, 0.1) is 17.1 Å². The van der Waals surface area contributed by atoms with Crippen LogP contribution in [0.1, 0.15) is 5.56 Å². The number of fused-ring (bicyclic) bond motifs is 6. The van der Waals surface area contributed by atoms with Crippen LogP contribution in [0.3, 0.4) is 0 Å². The summed E-state index contributed by atoms with van der Waals surface area (Å²) in [5.74, 6) is 3.50. The largest absolute Gasteiger partial charge is 0.458 e. The molecule has 0 atom stereocenters. The summed E-state index contributed by atoms with van der Waals surface area (Å²) < 4.78 is 13.4. The molecule has 11 rings (SSSR count). The van der Waals surface area contributed by atoms with E-state index in [2.05, 4.69) is 181 Å². The lowest BCUT2D eigenvalue weighted by Crippen LogP contribution is -2.57. The fourth-order valence-corrected chi connectivity index (χ4v) is 8.56. The van der Waals surface area contributed by atoms with Crippen LogP contribution >= 0.6 is 0 Å². The number of ether oxygens (including phenoxy) is 2. The van der Waals surface area contributed by atoms with Gasteiger partial charge in [0, 0.05) is 38.9 Å². The second-order valence-electron chi connectivity index (χ2n) is 13.8. The van der Waals surface area contributed by atoms with Crippen molar-refractivity contribution in [1.29, 1.82) is 0 Å². The zero-order valence-electron chi connectivity index (χ0n) is 28.5. The third kappa shape index (κ3) is 4.23. The van der Waals surface area contributed by atoms with Gasteiger partial charge in [-0.05, 0) is 108 Å². The van der Waals surface area contributed by atoms with Crippen molar-refractivity contribution in [1.82, 2.24) is 0 Å². The van der Waals surface area contributed by atoms with Gasteiger partial charge in [-0.25, -0.2) is 0 Å². The van der Waals surface area contributed by atoms with Crippen LogP contribution in [0.2, 0.25) is 0 Å². The summed E-state index contributed by atoms with van der Waals surface area (Å²) in [4.78, 5) is 4.79. The molecule has 244 valence electrons. The van der Waals surface area contributed by atoms with E-state index >= 15 is 0 Å². The quantitative estimate of drug-likeness (QED) is 0.175. The van der Waals surface area contributed by atoms with Gasteiger partial charge < -0.3 is 19.3 Å². The van der Waals surface area contributed by atoms with Crippen LogP contribution in [0.4, 0.5) is 34.1 Å². The molecular weight excluding hydrogens is 635 g/mol. The summed E-state index contributed by atoms with van der Waals surface area (Å²) >= 11 is 0. The van der Waals surface area contributed by atoms with Crippen molar-refractivity contribution >= 4 is 68.0 Å². The molecule has 0 amide bonds. The Morgan fingerprint density at radius 2 is 1.15 bits per heavy atom. The van der Waals surface area contributed by atoms with Gasteiger partial charge in [0.1, 0.15) is 23.0 Å². The summed E-state index contributed by atoms with van der Waals surface area (Å²) in [7, 11) is 0. The molecule has 0 bridgehead atoms. The highest BCUT2D eigenvalue weighted by molar-refractivity contribution is 6.98. The van der Waals surface area contributed by atoms with Gasteiger partial charge in [0.15, 0.2) is 0 Å². The highest BCUT2D eigenvalue weighted by Crippen LogP contribution is 2.54. The summed E-state index contributed by atoms with van der Waals surface area (Å²) in [5.41, 5.74) is 13.5. The van der Waals surface area contributed by atoms with Crippen LogP contribution in [-0.4, -0.2) is 6.71 Å². The molecule has 3 heterocycles. The third-order valence-electron chi connectivity index (χ3n) is 10.7. The van der Waals surface area contributed by atoms with Gasteiger partial charge >= 0.3 is 0 Å². The van der Waals surface area contributed by atoms with Crippen molar-refractivity contribution < 1.29 is 9.47 Å². The zero-order chi connectivity index (χ0) is 34.3. The van der Waals surface area contributed by atoms with Crippen molar-refractivity contribution in [2.75, 3.05) is 9.80 Å². The monoisotopic (exact) mass is 666 g/mol. The van der Waals surface area contributed by atoms with Crippen molar-refractivity contribution in [3.8, 4) is 34.1 Å². The maximum absolute atomic E-state index is 6.88. The van der Waals surface area contributed by atoms with E-state index in [9.17, 15) is 0 Å². The second kappa shape index (κ2) is 11.1. The maximum atomic E-state index is 6.88. The van der Waals surface area contributed by atoms with Crippen molar-refractivity contribution in [2.24, 2.45) is 0 Å². The first-order valence-electron chi connectivity index (χ1n) is 17.8. The standard InChI is InChI=1S/C47H31BN2O2/c1-30-26-44-47-45(27-30)52-43-28-36-34-24-25-39(49(31-14-5-2-6-15-31)32-16-7-3-8-17-32)35-20-13-22-40(46(34)35)50(33-18-9-4-10-19-33)41(36)29-38(43)48(47)37-21-11-12-23-42(37)51-44/h2-29H,1H3. The highest BCUT2D eigenvalue weighted by atomic mass is 16.5. The predicted molar refractivity (Wildman–Crippen MR) is 215 cm³/mol. The van der Waals surface area contributed by atoms with E-state index in [0.29, 0.717) is 0 Å². The van der Waals surface area contributed by atoms with Gasteiger partial charge in [-0.3, -0.25) is 0 Å². The summed E-state index contributed by atoms with van der Waals surface area (Å²) in [5, 5.41) is 2.39. The van der Waals surface area contributed by atoms with Crippen molar-refractivity contribution in [2.45, 2.75) is 6.92 Å². The lowest BCUT2D eigenvalue weighted by molar-refractivity contribution is 0.464. The smallest absolute Gasteiger partial charge is 0.260 e. The summed E-state index contributed by atoms with van der Waals surface area (Å²) in [6, 6.07) is 60.6. The minimum atomic E-state index is -0.0212. The number of aryl methyl sites for hydroxylation is 1. The van der Waals surface area contributed by atoms with Gasteiger partial charge in [-0.2, -0.15) is 0 Å². The van der Waals surface area contributed by atoms with Crippen LogP contribution in [0.5, 0.6) is 23.0 Å². The van der Waals surface area contributed by atoms with Crippen LogP contribution in [0, 0.1) is 6.92 Å². The fourth-order valence-electron chi connectivity index (χ4n) is 8.56. The minimum absolute atomic E-state index is 0.0212. The molecule has 0 saturated heterocycles. The van der Waals surface area contributed by atoms with E-state index in [0.717, 1.165) is 84.6 Å². The molecule has 0 saturated carbocycles. The van der Waals surface area contributed by atoms with Crippen molar-refractivity contribution in [3.63, 3.8) is 0 Å². The average Bonchev–Trinajstić information content (AvgIpc) is 3.19. The molecule has 4 nitrogen and oxygen atoms in total. The molecule has 3 aliphatic rings. The van der Waals surface area contributed by atoms with Crippen molar-refractivity contribution in [3.05, 3.63) is 175 Å². The molecule has 0 aromatic heterocycles. The molecule has 5 heteroatoms. The summed E-state index contributed by atoms with van der Waals surface area (Å²) in [6.07, 6.45) is 0. The number of benzene rings is 8. The SMILES string of the molecule is Cc1cc2c3c(c1)Oc1cc4c(cc1B3c1ccccc1O2)N(c1ccccc1)c1cccc2c(N(c3ccccc3)c3ccccc3)ccc-4c12. The first kappa shape index (κ1) is 29.1. The lowest BCUT2D eigenvalue weighted by atomic mass is 9.34. The Balaban J connectivity index is 1.19. The van der Waals surface area contributed by atoms with Crippen LogP contribution < -0.4 is 35.7 Å². The maximum Gasteiger partial charge on any atom is 0.260 e. The number of nitrogens with zero attached hydrogens (tertiary/aromatic N) is 2. The van der Waals surface area contributed by atoms with Gasteiger partial charge in [-0.1, -0.05) is 91.0 Å². The van der Waals surface area contributed by atoms with Gasteiger partial charge in [0.2, 0.25) is 0 Å². The number of hydrogen-bond donors (Lipinski definition) is 0. The number of para-hydroxylation sites is 4. The van der Waals surface area contributed by atoms with Gasteiger partial charge in [0.25, 0.3) is 6.71 Å². The molecule has 8 aromatic rings. The predicted octanol–water partition coefficient (Wildman–Crippen LogP) is 10.8. The average molecular weight is 667 g/mol. The zero-order valence-corrected chi connectivity index (χ0v) is 28.5. The second-order valence-corrected chi connectivity index (χ2v) is 13.8. The fraction of sp³-hybridized carbons (Fsp3) is 0.0213. The Kier molecular flexibility index (Phi) is 6.23. The first-order valence-corrected chi connectivity index (χ1v) is 17.8. The van der Waals surface area contributed by atoms with Gasteiger partial charge in [-0.15, -0.1) is 0 Å². The van der Waals surface area contributed by atoms with Crippen LogP contribution in [-0.2, 0) is 0 Å². The molecule has 0 spiro atoms. The van der Waals surface area contributed by atoms with E-state index in [4.69, 9.17) is 9.47 Å². The normalized spacial score (nSPS) is 12.9. The molecular formula is C47H31BN2O2. The van der Waals surface area contributed by atoms with E-state index in [1.54, 1.807) is 0 Å². The molecule has 0 N–H and O–H groups in total. The number of rotatable bonds is 4. The molecule has 8 aromatic carbocycles. The molecule has 0 unspecified atom stereocenters. The minimum Gasteiger partial charge on any atom is -0.458 e. The van der Waals surface area contributed by atoms with E-state index in [1.165, 1.54) is 16.3 Å². The molecule has 0 fully saturated rings. The van der Waals surface area contributed by atoms with E-state index < -0.39 is 0 Å². The number of hydrogen-bond acceptors (Lipinski definition) is 4. The Morgan fingerprint density at radius 3 is 1.88 bits per heavy atom. The Hall–Kier alpha value is -6.72. The molecule has 52 heavy (non-hydrogen) atoms. The molecule has 3 aliphatic heterocycles. The molecule has 0 radical (unpaired) electrons.